The Hall–Kier alpha value is -4.38. The van der Waals surface area contributed by atoms with Gasteiger partial charge in [-0.1, -0.05) is 48.5 Å². The van der Waals surface area contributed by atoms with Crippen LogP contribution in [0.4, 0.5) is 10.5 Å². The van der Waals surface area contributed by atoms with Gasteiger partial charge in [-0.2, -0.15) is 5.26 Å². The van der Waals surface area contributed by atoms with Gasteiger partial charge in [0.2, 0.25) is 5.91 Å². The number of alkyl carbamates (subject to hydrolysis) is 1. The molecule has 3 aromatic carbocycles. The van der Waals surface area contributed by atoms with Gasteiger partial charge in [0.1, 0.15) is 24.7 Å². The third-order valence-corrected chi connectivity index (χ3v) is 5.86. The molecule has 0 fully saturated rings. The van der Waals surface area contributed by atoms with E-state index in [1.54, 1.807) is 32.9 Å². The number of nitriles is 1. The zero-order chi connectivity index (χ0) is 27.2. The molecule has 37 heavy (non-hydrogen) atoms. The number of hydrogen-bond donors (Lipinski definition) is 2. The molecule has 3 aromatic rings. The average Bonchev–Trinajstić information content (AvgIpc) is 2.83. The van der Waals surface area contributed by atoms with Gasteiger partial charge < -0.3 is 20.3 Å². The molecule has 3 rings (SSSR count). The first-order chi connectivity index (χ1) is 17.5. The molecule has 1 atom stereocenters. The van der Waals surface area contributed by atoms with Crippen LogP contribution in [0.3, 0.4) is 0 Å². The zero-order valence-electron chi connectivity index (χ0n) is 21.8. The topological polar surface area (TPSA) is 112 Å². The number of hydrogen-bond acceptors (Lipinski definition) is 5. The Kier molecular flexibility index (Phi) is 8.51. The van der Waals surface area contributed by atoms with Gasteiger partial charge in [-0.15, -0.1) is 0 Å². The number of aryl methyl sites for hydroxylation is 1. The summed E-state index contributed by atoms with van der Waals surface area (Å²) in [4.78, 5) is 40.3. The quantitative estimate of drug-likeness (QED) is 0.443. The number of nitrogens with zero attached hydrogens (tertiary/aromatic N) is 2. The number of carbonyl (C=O) groups is 3. The van der Waals surface area contributed by atoms with E-state index in [1.807, 2.05) is 68.4 Å². The minimum absolute atomic E-state index is 0.349. The highest BCUT2D eigenvalue weighted by atomic mass is 16.6. The van der Waals surface area contributed by atoms with Gasteiger partial charge in [0, 0.05) is 5.69 Å². The highest BCUT2D eigenvalue weighted by molar-refractivity contribution is 6.00. The molecule has 0 saturated carbocycles. The second-order valence-corrected chi connectivity index (χ2v) is 9.78. The van der Waals surface area contributed by atoms with Crippen molar-refractivity contribution >= 4 is 34.4 Å². The monoisotopic (exact) mass is 500 g/mol. The van der Waals surface area contributed by atoms with E-state index in [4.69, 9.17) is 4.74 Å². The summed E-state index contributed by atoms with van der Waals surface area (Å²) in [7, 11) is 0. The first-order valence-electron chi connectivity index (χ1n) is 12.0. The number of ether oxygens (including phenoxy) is 1. The van der Waals surface area contributed by atoms with Crippen molar-refractivity contribution < 1.29 is 19.1 Å². The molecule has 0 aromatic heterocycles. The minimum Gasteiger partial charge on any atom is -0.444 e. The SMILES string of the molecule is Cc1cccc(C(C(=O)Nc2ccc3ccccc3c2)N(CC#N)C(=O)CNC(=O)OC(C)(C)C)c1C. The van der Waals surface area contributed by atoms with Crippen LogP contribution in [0.15, 0.2) is 60.7 Å². The fourth-order valence-electron chi connectivity index (χ4n) is 3.96. The average molecular weight is 501 g/mol. The summed E-state index contributed by atoms with van der Waals surface area (Å²) >= 11 is 0. The molecular weight excluding hydrogens is 468 g/mol. The van der Waals surface area contributed by atoms with Gasteiger partial charge in [-0.3, -0.25) is 9.59 Å². The molecule has 1 unspecified atom stereocenters. The lowest BCUT2D eigenvalue weighted by Crippen LogP contribution is -2.47. The van der Waals surface area contributed by atoms with Crippen LogP contribution in [0.5, 0.6) is 0 Å². The number of carbonyl (C=O) groups excluding carboxylic acids is 3. The van der Waals surface area contributed by atoms with Crippen molar-refractivity contribution in [1.29, 1.82) is 5.26 Å². The highest BCUT2D eigenvalue weighted by Crippen LogP contribution is 2.28. The summed E-state index contributed by atoms with van der Waals surface area (Å²) in [6, 6.07) is 19.7. The van der Waals surface area contributed by atoms with Gasteiger partial charge >= 0.3 is 6.09 Å². The Balaban J connectivity index is 1.94. The van der Waals surface area contributed by atoms with Crippen LogP contribution in [0, 0.1) is 25.2 Å². The molecular formula is C29H32N4O4. The van der Waals surface area contributed by atoms with E-state index in [9.17, 15) is 19.6 Å². The van der Waals surface area contributed by atoms with Crippen molar-refractivity contribution in [3.8, 4) is 6.07 Å². The lowest BCUT2D eigenvalue weighted by molar-refractivity contribution is -0.137. The van der Waals surface area contributed by atoms with E-state index in [1.165, 1.54) is 4.90 Å². The lowest BCUT2D eigenvalue weighted by Gasteiger charge is -2.31. The fourth-order valence-corrected chi connectivity index (χ4v) is 3.96. The maximum atomic E-state index is 13.7. The first kappa shape index (κ1) is 27.2. The molecule has 2 N–H and O–H groups in total. The Bertz CT molecular complexity index is 1350. The van der Waals surface area contributed by atoms with Gasteiger partial charge in [-0.05, 0) is 74.2 Å². The largest absolute Gasteiger partial charge is 0.444 e. The Labute approximate surface area is 217 Å². The Morgan fingerprint density at radius 1 is 1.00 bits per heavy atom. The molecule has 0 spiro atoms. The molecule has 0 aliphatic heterocycles. The molecule has 0 heterocycles. The highest BCUT2D eigenvalue weighted by Gasteiger charge is 2.33. The lowest BCUT2D eigenvalue weighted by atomic mass is 9.95. The van der Waals surface area contributed by atoms with E-state index in [0.717, 1.165) is 21.9 Å². The summed E-state index contributed by atoms with van der Waals surface area (Å²) in [6.45, 7) is 8.14. The van der Waals surface area contributed by atoms with Crippen molar-refractivity contribution in [3.05, 3.63) is 77.4 Å². The summed E-state index contributed by atoms with van der Waals surface area (Å²) in [5, 5.41) is 16.9. The van der Waals surface area contributed by atoms with Crippen LogP contribution in [0.2, 0.25) is 0 Å². The number of rotatable bonds is 7. The van der Waals surface area contributed by atoms with Crippen LogP contribution in [0.25, 0.3) is 10.8 Å². The third-order valence-electron chi connectivity index (χ3n) is 5.86. The van der Waals surface area contributed by atoms with Crippen LogP contribution >= 0.6 is 0 Å². The summed E-state index contributed by atoms with van der Waals surface area (Å²) in [5.74, 6) is -1.06. The maximum absolute atomic E-state index is 13.7. The summed E-state index contributed by atoms with van der Waals surface area (Å²) in [6.07, 6.45) is -0.762. The van der Waals surface area contributed by atoms with Crippen molar-refractivity contribution in [1.82, 2.24) is 10.2 Å². The smallest absolute Gasteiger partial charge is 0.408 e. The standard InChI is InChI=1S/C29H32N4O4/c1-19-9-8-12-24(20(19)2)26(27(35)32-23-14-13-21-10-6-7-11-22(21)17-23)33(16-15-30)25(34)18-31-28(36)37-29(3,4)5/h6-14,17,26H,16,18H2,1-5H3,(H,31,36)(H,32,35). The Morgan fingerprint density at radius 2 is 1.70 bits per heavy atom. The van der Waals surface area contributed by atoms with E-state index < -0.39 is 36.1 Å². The van der Waals surface area contributed by atoms with E-state index in [0.29, 0.717) is 11.3 Å². The predicted molar refractivity (Wildman–Crippen MR) is 143 cm³/mol. The van der Waals surface area contributed by atoms with Crippen LogP contribution in [-0.2, 0) is 14.3 Å². The Morgan fingerprint density at radius 3 is 2.38 bits per heavy atom. The van der Waals surface area contributed by atoms with Gasteiger partial charge in [0.05, 0.1) is 6.07 Å². The predicted octanol–water partition coefficient (Wildman–Crippen LogP) is 5.01. The van der Waals surface area contributed by atoms with E-state index >= 15 is 0 Å². The van der Waals surface area contributed by atoms with E-state index in [2.05, 4.69) is 10.6 Å². The third kappa shape index (κ3) is 7.07. The maximum Gasteiger partial charge on any atom is 0.408 e. The summed E-state index contributed by atoms with van der Waals surface area (Å²) in [5.41, 5.74) is 2.20. The van der Waals surface area contributed by atoms with Crippen LogP contribution in [-0.4, -0.2) is 41.5 Å². The van der Waals surface area contributed by atoms with Gasteiger partial charge in [-0.25, -0.2) is 4.79 Å². The molecule has 8 heteroatoms. The van der Waals surface area contributed by atoms with Crippen molar-refractivity contribution in [2.45, 2.75) is 46.3 Å². The van der Waals surface area contributed by atoms with Crippen LogP contribution < -0.4 is 10.6 Å². The molecule has 0 radical (unpaired) electrons. The normalized spacial score (nSPS) is 11.8. The van der Waals surface area contributed by atoms with E-state index in [-0.39, 0.29) is 6.54 Å². The molecule has 0 aliphatic carbocycles. The molecule has 0 aliphatic rings. The summed E-state index contributed by atoms with van der Waals surface area (Å²) < 4.78 is 5.20. The second kappa shape index (κ2) is 11.6. The minimum atomic E-state index is -1.10. The molecule has 0 bridgehead atoms. The first-order valence-corrected chi connectivity index (χ1v) is 12.0. The van der Waals surface area contributed by atoms with Gasteiger partial charge in [0.15, 0.2) is 0 Å². The van der Waals surface area contributed by atoms with Gasteiger partial charge in [0.25, 0.3) is 5.91 Å². The fraction of sp³-hybridized carbons (Fsp3) is 0.310. The number of nitrogens with one attached hydrogen (secondary N) is 2. The van der Waals surface area contributed by atoms with Crippen molar-refractivity contribution in [2.24, 2.45) is 0 Å². The molecule has 3 amide bonds. The number of amides is 3. The zero-order valence-corrected chi connectivity index (χ0v) is 21.8. The number of fused-ring (bicyclic) bond motifs is 1. The van der Waals surface area contributed by atoms with Crippen molar-refractivity contribution in [3.63, 3.8) is 0 Å². The molecule has 0 saturated heterocycles. The molecule has 8 nitrogen and oxygen atoms in total. The molecule has 192 valence electrons. The second-order valence-electron chi connectivity index (χ2n) is 9.78. The van der Waals surface area contributed by atoms with Crippen molar-refractivity contribution in [2.75, 3.05) is 18.4 Å². The number of benzene rings is 3. The number of anilines is 1. The van der Waals surface area contributed by atoms with Crippen LogP contribution in [0.1, 0.15) is 43.5 Å².